The van der Waals surface area contributed by atoms with Gasteiger partial charge in [0.2, 0.25) is 5.43 Å². The van der Waals surface area contributed by atoms with Crippen molar-refractivity contribution in [2.24, 2.45) is 0 Å². The predicted octanol–water partition coefficient (Wildman–Crippen LogP) is 1.95. The van der Waals surface area contributed by atoms with Crippen LogP contribution in [-0.2, 0) is 0 Å². The van der Waals surface area contributed by atoms with Gasteiger partial charge in [-0.1, -0.05) is 6.07 Å². The van der Waals surface area contributed by atoms with Gasteiger partial charge in [-0.15, -0.1) is 0 Å². The Morgan fingerprint density at radius 1 is 1.21 bits per heavy atom. The second-order valence-electron chi connectivity index (χ2n) is 5.97. The zero-order valence-electron chi connectivity index (χ0n) is 13.5. The number of aromatic hydroxyl groups is 1. The van der Waals surface area contributed by atoms with E-state index in [0.29, 0.717) is 28.8 Å². The Bertz CT molecular complexity index is 932. The van der Waals surface area contributed by atoms with Crippen LogP contribution in [0.3, 0.4) is 0 Å². The second kappa shape index (κ2) is 6.51. The molecule has 0 radical (unpaired) electrons. The normalized spacial score (nSPS) is 12.8. The number of nitrogens with zero attached hydrogens (tertiary/aromatic N) is 1. The van der Waals surface area contributed by atoms with Crippen molar-refractivity contribution in [3.8, 4) is 11.5 Å². The summed E-state index contributed by atoms with van der Waals surface area (Å²) in [5.41, 5.74) is 0.401. The first kappa shape index (κ1) is 16.3. The van der Waals surface area contributed by atoms with Gasteiger partial charge in [0.25, 0.3) is 0 Å². The molecule has 0 aliphatic heterocycles. The lowest BCUT2D eigenvalue weighted by atomic mass is 10.1. The van der Waals surface area contributed by atoms with Crippen LogP contribution >= 0.6 is 0 Å². The molecule has 1 unspecified atom stereocenters. The zero-order chi connectivity index (χ0) is 17.3. The molecule has 3 aromatic rings. The van der Waals surface area contributed by atoms with E-state index in [2.05, 4.69) is 0 Å². The molecule has 0 saturated heterocycles. The van der Waals surface area contributed by atoms with Gasteiger partial charge in [-0.3, -0.25) is 4.79 Å². The van der Waals surface area contributed by atoms with Gasteiger partial charge in [0, 0.05) is 12.6 Å². The van der Waals surface area contributed by atoms with E-state index in [1.807, 2.05) is 19.0 Å². The highest BCUT2D eigenvalue weighted by Gasteiger charge is 2.12. The molecule has 0 spiro atoms. The highest BCUT2D eigenvalue weighted by Crippen LogP contribution is 2.27. The molecule has 24 heavy (non-hydrogen) atoms. The van der Waals surface area contributed by atoms with Crippen LogP contribution in [-0.4, -0.2) is 48.5 Å². The molecule has 1 aromatic heterocycles. The maximum Gasteiger partial charge on any atom is 0.204 e. The fraction of sp³-hybridized carbons (Fsp3) is 0.278. The van der Waals surface area contributed by atoms with Crippen LogP contribution in [0, 0.1) is 0 Å². The summed E-state index contributed by atoms with van der Waals surface area (Å²) in [6, 6.07) is 9.56. The summed E-state index contributed by atoms with van der Waals surface area (Å²) in [7, 11) is 3.74. The van der Waals surface area contributed by atoms with Crippen molar-refractivity contribution in [1.29, 1.82) is 0 Å². The van der Waals surface area contributed by atoms with Gasteiger partial charge in [0.15, 0.2) is 0 Å². The van der Waals surface area contributed by atoms with Gasteiger partial charge < -0.3 is 24.3 Å². The fourth-order valence-corrected chi connectivity index (χ4v) is 2.62. The molecule has 0 bridgehead atoms. The van der Waals surface area contributed by atoms with E-state index in [1.54, 1.807) is 30.3 Å². The summed E-state index contributed by atoms with van der Waals surface area (Å²) in [6.45, 7) is 0.634. The molecule has 0 amide bonds. The van der Waals surface area contributed by atoms with Crippen molar-refractivity contribution in [3.05, 3.63) is 46.6 Å². The van der Waals surface area contributed by atoms with E-state index in [4.69, 9.17) is 9.15 Å². The molecule has 1 heterocycles. The summed E-state index contributed by atoms with van der Waals surface area (Å²) in [4.78, 5) is 14.4. The lowest BCUT2D eigenvalue weighted by molar-refractivity contribution is 0.0831. The lowest BCUT2D eigenvalue weighted by Crippen LogP contribution is -2.30. The first-order chi connectivity index (χ1) is 11.5. The number of likely N-dealkylation sites (N-methyl/N-ethyl adjacent to an activating group) is 1. The molecule has 6 nitrogen and oxygen atoms in total. The number of rotatable bonds is 5. The van der Waals surface area contributed by atoms with Crippen LogP contribution in [0.25, 0.3) is 21.9 Å². The van der Waals surface area contributed by atoms with Crippen molar-refractivity contribution in [3.63, 3.8) is 0 Å². The first-order valence-corrected chi connectivity index (χ1v) is 7.60. The smallest absolute Gasteiger partial charge is 0.204 e. The predicted molar refractivity (Wildman–Crippen MR) is 91.7 cm³/mol. The van der Waals surface area contributed by atoms with Crippen molar-refractivity contribution in [2.75, 3.05) is 27.2 Å². The number of benzene rings is 2. The maximum absolute atomic E-state index is 12.5. The van der Waals surface area contributed by atoms with Gasteiger partial charge in [-0.25, -0.2) is 0 Å². The van der Waals surface area contributed by atoms with Gasteiger partial charge in [-0.05, 0) is 38.4 Å². The molecule has 2 aromatic carbocycles. The number of hydrogen-bond acceptors (Lipinski definition) is 6. The van der Waals surface area contributed by atoms with Gasteiger partial charge in [0.05, 0.1) is 5.39 Å². The number of hydrogen-bond donors (Lipinski definition) is 2. The fourth-order valence-electron chi connectivity index (χ4n) is 2.62. The summed E-state index contributed by atoms with van der Waals surface area (Å²) >= 11 is 0. The Morgan fingerprint density at radius 2 is 2.00 bits per heavy atom. The number of aliphatic hydroxyl groups excluding tert-OH is 1. The van der Waals surface area contributed by atoms with E-state index in [9.17, 15) is 15.0 Å². The minimum absolute atomic E-state index is 0.102. The van der Waals surface area contributed by atoms with Gasteiger partial charge >= 0.3 is 0 Å². The monoisotopic (exact) mass is 329 g/mol. The van der Waals surface area contributed by atoms with Crippen LogP contribution in [0.5, 0.6) is 11.5 Å². The molecule has 3 rings (SSSR count). The molecule has 0 saturated carbocycles. The molecule has 2 N–H and O–H groups in total. The standard InChI is InChI=1S/C18H19NO5/c1-19(2)9-11(20)10-23-12-6-7-13-16(8-12)24-15-5-3-4-14(21)17(15)18(13)22/h3-8,11,20-21H,9-10H2,1-2H3. The average molecular weight is 329 g/mol. The molecule has 0 fully saturated rings. The minimum atomic E-state index is -0.615. The largest absolute Gasteiger partial charge is 0.507 e. The third-order valence-electron chi connectivity index (χ3n) is 3.67. The third-order valence-corrected chi connectivity index (χ3v) is 3.67. The van der Waals surface area contributed by atoms with E-state index in [0.717, 1.165) is 0 Å². The van der Waals surface area contributed by atoms with Gasteiger partial charge in [-0.2, -0.15) is 0 Å². The first-order valence-electron chi connectivity index (χ1n) is 7.60. The number of phenolic OH excluding ortho intramolecular Hbond substituents is 1. The van der Waals surface area contributed by atoms with E-state index in [-0.39, 0.29) is 23.2 Å². The minimum Gasteiger partial charge on any atom is -0.507 e. The van der Waals surface area contributed by atoms with Crippen LogP contribution in [0.2, 0.25) is 0 Å². The molecule has 1 atom stereocenters. The number of aliphatic hydroxyl groups is 1. The quantitative estimate of drug-likeness (QED) is 0.696. The Morgan fingerprint density at radius 3 is 2.75 bits per heavy atom. The summed E-state index contributed by atoms with van der Waals surface area (Å²) < 4.78 is 11.3. The van der Waals surface area contributed by atoms with Crippen LogP contribution < -0.4 is 10.2 Å². The molecular formula is C18H19NO5. The lowest BCUT2D eigenvalue weighted by Gasteiger charge is -2.16. The summed E-state index contributed by atoms with van der Waals surface area (Å²) in [5, 5.41) is 20.2. The molecule has 126 valence electrons. The van der Waals surface area contributed by atoms with Crippen molar-refractivity contribution < 1.29 is 19.4 Å². The van der Waals surface area contributed by atoms with Crippen LogP contribution in [0.15, 0.2) is 45.6 Å². The SMILES string of the molecule is CN(C)CC(O)COc1ccc2c(=O)c3c(O)cccc3oc2c1. The second-order valence-corrected chi connectivity index (χ2v) is 5.97. The van der Waals surface area contributed by atoms with Crippen molar-refractivity contribution >= 4 is 21.9 Å². The molecular weight excluding hydrogens is 310 g/mol. The Labute approximate surface area is 138 Å². The highest BCUT2D eigenvalue weighted by atomic mass is 16.5. The highest BCUT2D eigenvalue weighted by molar-refractivity contribution is 5.93. The molecule has 6 heteroatoms. The average Bonchev–Trinajstić information content (AvgIpc) is 2.52. The Hall–Kier alpha value is -2.57. The summed E-state index contributed by atoms with van der Waals surface area (Å²) in [6.07, 6.45) is -0.615. The number of phenols is 1. The number of fused-ring (bicyclic) bond motifs is 2. The van der Waals surface area contributed by atoms with E-state index in [1.165, 1.54) is 6.07 Å². The van der Waals surface area contributed by atoms with Crippen molar-refractivity contribution in [1.82, 2.24) is 4.90 Å². The Balaban J connectivity index is 1.94. The zero-order valence-corrected chi connectivity index (χ0v) is 13.5. The molecule has 0 aliphatic rings. The van der Waals surface area contributed by atoms with E-state index < -0.39 is 6.10 Å². The van der Waals surface area contributed by atoms with Crippen molar-refractivity contribution in [2.45, 2.75) is 6.10 Å². The topological polar surface area (TPSA) is 83.1 Å². The van der Waals surface area contributed by atoms with Gasteiger partial charge in [0.1, 0.15) is 40.8 Å². The third kappa shape index (κ3) is 3.20. The maximum atomic E-state index is 12.5. The van der Waals surface area contributed by atoms with E-state index >= 15 is 0 Å². The number of ether oxygens (including phenoxy) is 1. The van der Waals surface area contributed by atoms with Crippen LogP contribution in [0.4, 0.5) is 0 Å². The Kier molecular flexibility index (Phi) is 4.42. The van der Waals surface area contributed by atoms with Crippen LogP contribution in [0.1, 0.15) is 0 Å². The summed E-state index contributed by atoms with van der Waals surface area (Å²) in [5.74, 6) is 0.401. The molecule has 0 aliphatic carbocycles.